The zero-order valence-corrected chi connectivity index (χ0v) is 11.0. The van der Waals surface area contributed by atoms with Gasteiger partial charge in [-0.3, -0.25) is 15.0 Å². The lowest BCUT2D eigenvalue weighted by atomic mass is 9.94. The molecule has 0 amide bonds. The largest absolute Gasteiger partial charge is 0.393 e. The third-order valence-corrected chi connectivity index (χ3v) is 3.52. The van der Waals surface area contributed by atoms with Crippen LogP contribution in [0, 0.1) is 10.1 Å². The van der Waals surface area contributed by atoms with Gasteiger partial charge in [-0.15, -0.1) is 0 Å². The Morgan fingerprint density at radius 3 is 2.95 bits per heavy atom. The average Bonchev–Trinajstić information content (AvgIpc) is 2.30. The van der Waals surface area contributed by atoms with Crippen LogP contribution in [0.25, 0.3) is 0 Å². The van der Waals surface area contributed by atoms with Crippen molar-refractivity contribution >= 4 is 11.4 Å². The minimum atomic E-state index is -0.687. The Bertz CT molecular complexity index is 488. The standard InChI is InChI=1S/C13H19N3O3/c1-13(17)6-3-7-15(9-13)8-10-4-2-5-11(12(10)14)16(18)19/h2,4-5,17H,3,6-9,14H2,1H3. The first-order valence-electron chi connectivity index (χ1n) is 6.35. The van der Waals surface area contributed by atoms with Gasteiger partial charge in [0.05, 0.1) is 10.5 Å². The van der Waals surface area contributed by atoms with E-state index >= 15 is 0 Å². The van der Waals surface area contributed by atoms with E-state index in [4.69, 9.17) is 5.73 Å². The summed E-state index contributed by atoms with van der Waals surface area (Å²) in [5.41, 5.74) is 6.06. The number of nitro benzene ring substituents is 1. The third-order valence-electron chi connectivity index (χ3n) is 3.52. The molecular weight excluding hydrogens is 246 g/mol. The Hall–Kier alpha value is -1.66. The van der Waals surface area contributed by atoms with Crippen molar-refractivity contribution in [1.29, 1.82) is 0 Å². The molecule has 104 valence electrons. The molecule has 6 heteroatoms. The SMILES string of the molecule is CC1(O)CCCN(Cc2cccc([N+](=O)[O-])c2N)C1. The molecule has 0 saturated carbocycles. The van der Waals surface area contributed by atoms with Gasteiger partial charge in [-0.05, 0) is 31.9 Å². The zero-order chi connectivity index (χ0) is 14.0. The highest BCUT2D eigenvalue weighted by atomic mass is 16.6. The van der Waals surface area contributed by atoms with Crippen molar-refractivity contribution in [3.63, 3.8) is 0 Å². The van der Waals surface area contributed by atoms with E-state index in [0.29, 0.717) is 13.1 Å². The molecular formula is C13H19N3O3. The first-order chi connectivity index (χ1) is 8.89. The Balaban J connectivity index is 2.15. The van der Waals surface area contributed by atoms with Gasteiger partial charge >= 0.3 is 0 Å². The van der Waals surface area contributed by atoms with Gasteiger partial charge in [-0.25, -0.2) is 0 Å². The quantitative estimate of drug-likeness (QED) is 0.491. The molecule has 6 nitrogen and oxygen atoms in total. The average molecular weight is 265 g/mol. The zero-order valence-electron chi connectivity index (χ0n) is 11.0. The number of likely N-dealkylation sites (tertiary alicyclic amines) is 1. The highest BCUT2D eigenvalue weighted by Gasteiger charge is 2.28. The van der Waals surface area contributed by atoms with Crippen molar-refractivity contribution in [2.45, 2.75) is 31.9 Å². The van der Waals surface area contributed by atoms with Gasteiger partial charge in [-0.2, -0.15) is 0 Å². The monoisotopic (exact) mass is 265 g/mol. The number of hydrogen-bond donors (Lipinski definition) is 2. The number of rotatable bonds is 3. The van der Waals surface area contributed by atoms with Crippen LogP contribution in [0.2, 0.25) is 0 Å². The van der Waals surface area contributed by atoms with E-state index in [9.17, 15) is 15.2 Å². The second kappa shape index (κ2) is 5.14. The second-order valence-corrected chi connectivity index (χ2v) is 5.42. The summed E-state index contributed by atoms with van der Waals surface area (Å²) in [6.07, 6.45) is 1.70. The fourth-order valence-electron chi connectivity index (χ4n) is 2.60. The minimum Gasteiger partial charge on any atom is -0.393 e. The van der Waals surface area contributed by atoms with Crippen LogP contribution < -0.4 is 5.73 Å². The molecule has 0 aromatic heterocycles. The number of para-hydroxylation sites is 1. The minimum absolute atomic E-state index is 0.0544. The van der Waals surface area contributed by atoms with E-state index in [-0.39, 0.29) is 11.4 Å². The van der Waals surface area contributed by atoms with Crippen LogP contribution >= 0.6 is 0 Å². The van der Waals surface area contributed by atoms with E-state index in [1.54, 1.807) is 12.1 Å². The van der Waals surface area contributed by atoms with Gasteiger partial charge in [0.2, 0.25) is 0 Å². The van der Waals surface area contributed by atoms with Gasteiger partial charge < -0.3 is 10.8 Å². The normalized spacial score (nSPS) is 24.3. The lowest BCUT2D eigenvalue weighted by molar-refractivity contribution is -0.384. The summed E-state index contributed by atoms with van der Waals surface area (Å²) < 4.78 is 0. The molecule has 1 aliphatic rings. The number of aliphatic hydroxyl groups is 1. The third kappa shape index (κ3) is 3.21. The topological polar surface area (TPSA) is 92.6 Å². The molecule has 3 N–H and O–H groups in total. The fourth-order valence-corrected chi connectivity index (χ4v) is 2.60. The van der Waals surface area contributed by atoms with Gasteiger partial charge in [0.25, 0.3) is 5.69 Å². The molecule has 1 saturated heterocycles. The molecule has 1 aromatic rings. The maximum absolute atomic E-state index is 10.8. The number of benzene rings is 1. The number of nitrogens with zero attached hydrogens (tertiary/aromatic N) is 2. The first kappa shape index (κ1) is 13.8. The first-order valence-corrected chi connectivity index (χ1v) is 6.35. The number of β-amino-alcohol motifs (C(OH)–C–C–N with tert-alkyl or cyclic N) is 1. The van der Waals surface area contributed by atoms with Gasteiger partial charge in [-0.1, -0.05) is 12.1 Å². The van der Waals surface area contributed by atoms with Crippen molar-refractivity contribution in [3.05, 3.63) is 33.9 Å². The van der Waals surface area contributed by atoms with E-state index < -0.39 is 10.5 Å². The number of anilines is 1. The maximum atomic E-state index is 10.8. The summed E-state index contributed by atoms with van der Waals surface area (Å²) in [6.45, 7) is 3.78. The molecule has 2 rings (SSSR count). The van der Waals surface area contributed by atoms with Crippen LogP contribution in [0.15, 0.2) is 18.2 Å². The summed E-state index contributed by atoms with van der Waals surface area (Å²) in [5, 5.41) is 20.9. The van der Waals surface area contributed by atoms with Crippen LogP contribution in [0.1, 0.15) is 25.3 Å². The number of nitrogen functional groups attached to an aromatic ring is 1. The van der Waals surface area contributed by atoms with Crippen molar-refractivity contribution in [2.75, 3.05) is 18.8 Å². The highest BCUT2D eigenvalue weighted by Crippen LogP contribution is 2.28. The van der Waals surface area contributed by atoms with E-state index in [2.05, 4.69) is 4.90 Å². The number of nitro groups is 1. The van der Waals surface area contributed by atoms with Gasteiger partial charge in [0.1, 0.15) is 5.69 Å². The molecule has 19 heavy (non-hydrogen) atoms. The summed E-state index contributed by atoms with van der Waals surface area (Å²) in [5.74, 6) is 0. The molecule has 0 aliphatic carbocycles. The van der Waals surface area contributed by atoms with Crippen LogP contribution in [-0.2, 0) is 6.54 Å². The molecule has 1 aromatic carbocycles. The smallest absolute Gasteiger partial charge is 0.292 e. The summed E-state index contributed by atoms with van der Waals surface area (Å²) >= 11 is 0. The summed E-state index contributed by atoms with van der Waals surface area (Å²) in [4.78, 5) is 12.5. The van der Waals surface area contributed by atoms with E-state index in [0.717, 1.165) is 24.9 Å². The molecule has 1 atom stereocenters. The van der Waals surface area contributed by atoms with Gasteiger partial charge in [0, 0.05) is 19.2 Å². The predicted molar refractivity (Wildman–Crippen MR) is 72.6 cm³/mol. The number of nitrogens with two attached hydrogens (primary N) is 1. The Morgan fingerprint density at radius 1 is 1.58 bits per heavy atom. The fraction of sp³-hybridized carbons (Fsp3) is 0.538. The van der Waals surface area contributed by atoms with E-state index in [1.807, 2.05) is 6.92 Å². The molecule has 0 spiro atoms. The Labute approximate surface area is 112 Å². The lowest BCUT2D eigenvalue weighted by Gasteiger charge is -2.36. The Kier molecular flexibility index (Phi) is 3.73. The number of piperidine rings is 1. The predicted octanol–water partition coefficient (Wildman–Crippen LogP) is 1.52. The molecule has 0 radical (unpaired) electrons. The molecule has 1 aliphatic heterocycles. The van der Waals surface area contributed by atoms with E-state index in [1.165, 1.54) is 6.07 Å². The molecule has 1 unspecified atom stereocenters. The Morgan fingerprint density at radius 2 is 2.32 bits per heavy atom. The molecule has 1 heterocycles. The van der Waals surface area contributed by atoms with Crippen LogP contribution in [0.5, 0.6) is 0 Å². The molecule has 0 bridgehead atoms. The van der Waals surface area contributed by atoms with Crippen LogP contribution in [0.4, 0.5) is 11.4 Å². The summed E-state index contributed by atoms with van der Waals surface area (Å²) in [7, 11) is 0. The number of hydrogen-bond acceptors (Lipinski definition) is 5. The lowest BCUT2D eigenvalue weighted by Crippen LogP contribution is -2.45. The molecule has 1 fully saturated rings. The van der Waals surface area contributed by atoms with Gasteiger partial charge in [0.15, 0.2) is 0 Å². The maximum Gasteiger partial charge on any atom is 0.292 e. The van der Waals surface area contributed by atoms with Crippen molar-refractivity contribution < 1.29 is 10.0 Å². The van der Waals surface area contributed by atoms with Crippen LogP contribution in [-0.4, -0.2) is 33.6 Å². The van der Waals surface area contributed by atoms with Crippen molar-refractivity contribution in [1.82, 2.24) is 4.90 Å². The van der Waals surface area contributed by atoms with Crippen molar-refractivity contribution in [3.8, 4) is 0 Å². The highest BCUT2D eigenvalue weighted by molar-refractivity contribution is 5.62. The summed E-state index contributed by atoms with van der Waals surface area (Å²) in [6, 6.07) is 4.85. The van der Waals surface area contributed by atoms with Crippen molar-refractivity contribution in [2.24, 2.45) is 0 Å². The second-order valence-electron chi connectivity index (χ2n) is 5.42. The van der Waals surface area contributed by atoms with Crippen LogP contribution in [0.3, 0.4) is 0 Å².